The molecular formula is C32H38F3N5O3. The van der Waals surface area contributed by atoms with Gasteiger partial charge >= 0.3 is 12.2 Å². The van der Waals surface area contributed by atoms with Crippen LogP contribution in [-0.2, 0) is 22.3 Å². The maximum Gasteiger partial charge on any atom is 0.416 e. The van der Waals surface area contributed by atoms with Crippen LogP contribution in [0.5, 0.6) is 0 Å². The molecule has 0 aliphatic carbocycles. The van der Waals surface area contributed by atoms with Gasteiger partial charge in [-0.05, 0) is 48.9 Å². The fourth-order valence-corrected chi connectivity index (χ4v) is 6.35. The second-order valence-corrected chi connectivity index (χ2v) is 11.8. The molecule has 2 atom stereocenters. The van der Waals surface area contributed by atoms with Gasteiger partial charge in [0.2, 0.25) is 5.91 Å². The normalized spacial score (nSPS) is 20.9. The second kappa shape index (κ2) is 12.4. The molecule has 43 heavy (non-hydrogen) atoms. The third-order valence-electron chi connectivity index (χ3n) is 8.56. The number of rotatable bonds is 8. The van der Waals surface area contributed by atoms with Crippen LogP contribution in [-0.4, -0.2) is 70.8 Å². The smallest absolute Gasteiger partial charge is 0.351 e. The highest BCUT2D eigenvalue weighted by molar-refractivity contribution is 6.03. The second-order valence-electron chi connectivity index (χ2n) is 11.8. The highest BCUT2D eigenvalue weighted by Gasteiger charge is 2.47. The Labute approximate surface area is 249 Å². The summed E-state index contributed by atoms with van der Waals surface area (Å²) in [6, 6.07) is 12.6. The molecule has 0 saturated carbocycles. The van der Waals surface area contributed by atoms with Crippen LogP contribution in [0.4, 0.5) is 18.0 Å². The van der Waals surface area contributed by atoms with Crippen molar-refractivity contribution in [2.45, 2.75) is 64.5 Å². The van der Waals surface area contributed by atoms with Crippen molar-refractivity contribution >= 4 is 17.8 Å². The minimum absolute atomic E-state index is 0.0173. The summed E-state index contributed by atoms with van der Waals surface area (Å²) in [6.07, 6.45) is -2.91. The maximum absolute atomic E-state index is 14.0. The topological polar surface area (TPSA) is 85.0 Å². The lowest BCUT2D eigenvalue weighted by Crippen LogP contribution is -2.55. The van der Waals surface area contributed by atoms with Crippen LogP contribution in [0.1, 0.15) is 56.3 Å². The van der Waals surface area contributed by atoms with Crippen molar-refractivity contribution in [3.8, 4) is 0 Å². The molecule has 230 valence electrons. The molecule has 0 bridgehead atoms. The van der Waals surface area contributed by atoms with Crippen LogP contribution in [0.25, 0.3) is 0 Å². The van der Waals surface area contributed by atoms with E-state index in [4.69, 9.17) is 0 Å². The summed E-state index contributed by atoms with van der Waals surface area (Å²) in [5.74, 6) is -0.852. The molecule has 0 radical (unpaired) electrons. The molecule has 1 fully saturated rings. The van der Waals surface area contributed by atoms with Crippen LogP contribution in [0.2, 0.25) is 0 Å². The molecule has 0 unspecified atom stereocenters. The first-order chi connectivity index (χ1) is 20.5. The minimum Gasteiger partial charge on any atom is -0.351 e. The molecule has 3 heterocycles. The lowest BCUT2D eigenvalue weighted by molar-refractivity contribution is -0.138. The number of nitrogens with zero attached hydrogens (tertiary/aromatic N) is 3. The van der Waals surface area contributed by atoms with E-state index in [9.17, 15) is 27.6 Å². The van der Waals surface area contributed by atoms with Crippen molar-refractivity contribution in [1.29, 1.82) is 0 Å². The Morgan fingerprint density at radius 2 is 1.67 bits per heavy atom. The number of carbonyl (C=O) groups is 3. The van der Waals surface area contributed by atoms with Gasteiger partial charge in [-0.1, -0.05) is 56.3 Å². The van der Waals surface area contributed by atoms with Gasteiger partial charge in [-0.15, -0.1) is 0 Å². The molecule has 4 amide bonds. The zero-order valence-corrected chi connectivity index (χ0v) is 24.7. The van der Waals surface area contributed by atoms with Crippen molar-refractivity contribution in [3.63, 3.8) is 0 Å². The van der Waals surface area contributed by atoms with Gasteiger partial charge in [0.25, 0.3) is 5.91 Å². The first-order valence-electron chi connectivity index (χ1n) is 14.8. The Bertz CT molecular complexity index is 1370. The Hall–Kier alpha value is -3.86. The summed E-state index contributed by atoms with van der Waals surface area (Å²) in [4.78, 5) is 46.1. The van der Waals surface area contributed by atoms with Gasteiger partial charge in [0.05, 0.1) is 29.4 Å². The van der Waals surface area contributed by atoms with Crippen molar-refractivity contribution in [2.24, 2.45) is 5.92 Å². The van der Waals surface area contributed by atoms with E-state index in [-0.39, 0.29) is 30.0 Å². The number of likely N-dealkylation sites (tertiary alicyclic amines) is 1. The largest absolute Gasteiger partial charge is 0.416 e. The average molecular weight is 598 g/mol. The summed E-state index contributed by atoms with van der Waals surface area (Å²) in [6.45, 7) is 8.46. The van der Waals surface area contributed by atoms with Gasteiger partial charge in [0, 0.05) is 32.2 Å². The molecule has 3 aliphatic heterocycles. The monoisotopic (exact) mass is 597 g/mol. The Kier molecular flexibility index (Phi) is 8.82. The Morgan fingerprint density at radius 3 is 2.26 bits per heavy atom. The predicted molar refractivity (Wildman–Crippen MR) is 155 cm³/mol. The lowest BCUT2D eigenvalue weighted by atomic mass is 9.94. The molecule has 1 saturated heterocycles. The summed E-state index contributed by atoms with van der Waals surface area (Å²) in [7, 11) is 0. The SMILES string of the molecule is CCN1C(=O)N[C@H](c2ccc(C(F)(F)F)cc2)C2=C1CN([C@@H](C(=O)NC1CCN(Cc3ccccc3)CC1)C(C)C)C2=O. The van der Waals surface area contributed by atoms with E-state index in [0.717, 1.165) is 44.6 Å². The average Bonchev–Trinajstić information content (AvgIpc) is 3.29. The fraction of sp³-hybridized carbons (Fsp3) is 0.469. The van der Waals surface area contributed by atoms with Gasteiger partial charge in [0.15, 0.2) is 0 Å². The van der Waals surface area contributed by atoms with Crippen LogP contribution >= 0.6 is 0 Å². The first-order valence-corrected chi connectivity index (χ1v) is 14.8. The molecule has 3 aliphatic rings. The van der Waals surface area contributed by atoms with E-state index in [1.807, 2.05) is 32.0 Å². The van der Waals surface area contributed by atoms with E-state index in [1.54, 1.807) is 6.92 Å². The first kappa shape index (κ1) is 30.6. The summed E-state index contributed by atoms with van der Waals surface area (Å²) in [5, 5.41) is 5.97. The van der Waals surface area contributed by atoms with E-state index < -0.39 is 35.8 Å². The standard InChI is InChI=1S/C32H38F3N5O3/c1-4-39-25-19-40(30(42)26(25)27(37-31(39)43)22-10-12-23(13-11-22)32(33,34)35)28(20(2)3)29(41)36-24-14-16-38(17-15-24)18-21-8-6-5-7-9-21/h5-13,20,24,27-28H,4,14-19H2,1-3H3,(H,36,41)(H,37,43)/t27-,28-/m1/s1. The van der Waals surface area contributed by atoms with Gasteiger partial charge in [-0.3, -0.25) is 19.4 Å². The molecule has 0 spiro atoms. The number of urea groups is 1. The quantitative estimate of drug-likeness (QED) is 0.463. The number of hydrogen-bond donors (Lipinski definition) is 2. The zero-order valence-electron chi connectivity index (χ0n) is 24.7. The van der Waals surface area contributed by atoms with Crippen LogP contribution < -0.4 is 10.6 Å². The number of piperidine rings is 1. The van der Waals surface area contributed by atoms with E-state index >= 15 is 0 Å². The van der Waals surface area contributed by atoms with Crippen molar-refractivity contribution < 1.29 is 27.6 Å². The number of carbonyl (C=O) groups excluding carboxylic acids is 3. The molecule has 2 aromatic carbocycles. The third-order valence-corrected chi connectivity index (χ3v) is 8.56. The number of nitrogens with one attached hydrogen (secondary N) is 2. The number of benzene rings is 2. The Morgan fingerprint density at radius 1 is 1.02 bits per heavy atom. The number of halogens is 3. The van der Waals surface area contributed by atoms with Gasteiger partial charge < -0.3 is 15.5 Å². The number of hydrogen-bond acceptors (Lipinski definition) is 4. The summed E-state index contributed by atoms with van der Waals surface area (Å²) in [5.41, 5.74) is 1.57. The number of alkyl halides is 3. The molecular weight excluding hydrogens is 559 g/mol. The molecule has 0 aromatic heterocycles. The lowest BCUT2D eigenvalue weighted by Gasteiger charge is -2.35. The van der Waals surface area contributed by atoms with Gasteiger partial charge in [-0.25, -0.2) is 4.79 Å². The number of amides is 4. The highest BCUT2D eigenvalue weighted by atomic mass is 19.4. The van der Waals surface area contributed by atoms with Crippen molar-refractivity contribution in [1.82, 2.24) is 25.3 Å². The van der Waals surface area contributed by atoms with E-state index in [1.165, 1.54) is 27.5 Å². The molecule has 11 heteroatoms. The van der Waals surface area contributed by atoms with Crippen LogP contribution in [0.15, 0.2) is 65.9 Å². The van der Waals surface area contributed by atoms with Gasteiger partial charge in [0.1, 0.15) is 6.04 Å². The molecule has 2 N–H and O–H groups in total. The maximum atomic E-state index is 14.0. The van der Waals surface area contributed by atoms with Crippen molar-refractivity contribution in [3.05, 3.63) is 82.6 Å². The van der Waals surface area contributed by atoms with Crippen LogP contribution in [0, 0.1) is 5.92 Å². The molecule has 5 rings (SSSR count). The van der Waals surface area contributed by atoms with E-state index in [2.05, 4.69) is 27.7 Å². The van der Waals surface area contributed by atoms with Crippen molar-refractivity contribution in [2.75, 3.05) is 26.2 Å². The zero-order chi connectivity index (χ0) is 30.9. The number of likely N-dealkylation sites (N-methyl/N-ethyl adjacent to an activating group) is 1. The molecule has 8 nitrogen and oxygen atoms in total. The van der Waals surface area contributed by atoms with Gasteiger partial charge in [-0.2, -0.15) is 13.2 Å². The van der Waals surface area contributed by atoms with Crippen LogP contribution in [0.3, 0.4) is 0 Å². The third kappa shape index (κ3) is 6.41. The highest BCUT2D eigenvalue weighted by Crippen LogP contribution is 2.39. The predicted octanol–water partition coefficient (Wildman–Crippen LogP) is 4.69. The summed E-state index contributed by atoms with van der Waals surface area (Å²) < 4.78 is 39.5. The fourth-order valence-electron chi connectivity index (χ4n) is 6.35. The summed E-state index contributed by atoms with van der Waals surface area (Å²) >= 11 is 0. The minimum atomic E-state index is -4.51. The molecule has 2 aromatic rings. The van der Waals surface area contributed by atoms with E-state index in [0.29, 0.717) is 17.8 Å². The Balaban J connectivity index is 1.31.